The molecule has 0 aliphatic rings. The van der Waals surface area contributed by atoms with Gasteiger partial charge in [0.2, 0.25) is 5.78 Å². The van der Waals surface area contributed by atoms with Gasteiger partial charge in [-0.25, -0.2) is 9.97 Å². The Bertz CT molecular complexity index is 478. The van der Waals surface area contributed by atoms with E-state index in [1.54, 1.807) is 0 Å². The van der Waals surface area contributed by atoms with E-state index in [9.17, 15) is 0 Å². The second kappa shape index (κ2) is 5.12. The summed E-state index contributed by atoms with van der Waals surface area (Å²) >= 11 is 2.27. The van der Waals surface area contributed by atoms with Crippen LogP contribution < -0.4 is 0 Å². The topological polar surface area (TPSA) is 30.2 Å². The van der Waals surface area contributed by atoms with Gasteiger partial charge in [-0.1, -0.05) is 20.3 Å². The lowest BCUT2D eigenvalue weighted by atomic mass is 9.98. The summed E-state index contributed by atoms with van der Waals surface area (Å²) in [5.41, 5.74) is 1.18. The molecule has 0 spiro atoms. The molecule has 1 atom stereocenters. The number of nitrogens with zero attached hydrogens (tertiary/aromatic N) is 3. The summed E-state index contributed by atoms with van der Waals surface area (Å²) in [5, 5.41) is 0. The number of hydrogen-bond donors (Lipinski definition) is 0. The number of aromatic nitrogens is 3. The highest BCUT2D eigenvalue weighted by atomic mass is 127. The van der Waals surface area contributed by atoms with Crippen molar-refractivity contribution in [2.45, 2.75) is 39.0 Å². The predicted octanol–water partition coefficient (Wildman–Crippen LogP) is 3.63. The molecule has 0 saturated carbocycles. The third kappa shape index (κ3) is 2.36. The van der Waals surface area contributed by atoms with Crippen LogP contribution in [0.5, 0.6) is 0 Å². The van der Waals surface area contributed by atoms with Crippen LogP contribution in [0.15, 0.2) is 18.6 Å². The third-order valence-corrected chi connectivity index (χ3v) is 3.40. The molecule has 2 aromatic heterocycles. The zero-order chi connectivity index (χ0) is 11.5. The number of hydrogen-bond acceptors (Lipinski definition) is 2. The molecule has 0 aliphatic carbocycles. The Morgan fingerprint density at radius 1 is 1.38 bits per heavy atom. The first kappa shape index (κ1) is 11.8. The standard InChI is InChI=1S/C12H16IN3/c1-3-5-9(4-2)11-8-16-7-10(13)6-14-12(16)15-11/h6-9H,3-5H2,1-2H3. The summed E-state index contributed by atoms with van der Waals surface area (Å²) in [5.74, 6) is 1.38. The Labute approximate surface area is 109 Å². The first-order valence-corrected chi connectivity index (χ1v) is 6.82. The fourth-order valence-electron chi connectivity index (χ4n) is 1.98. The Morgan fingerprint density at radius 3 is 2.88 bits per heavy atom. The van der Waals surface area contributed by atoms with Gasteiger partial charge in [0.15, 0.2) is 0 Å². The summed E-state index contributed by atoms with van der Waals surface area (Å²) in [6.45, 7) is 4.45. The van der Waals surface area contributed by atoms with Gasteiger partial charge in [-0.15, -0.1) is 0 Å². The number of imidazole rings is 1. The highest BCUT2D eigenvalue weighted by molar-refractivity contribution is 14.1. The van der Waals surface area contributed by atoms with Gasteiger partial charge in [0, 0.05) is 28.1 Å². The molecule has 2 aromatic rings. The predicted molar refractivity (Wildman–Crippen MR) is 73.6 cm³/mol. The fraction of sp³-hybridized carbons (Fsp3) is 0.500. The van der Waals surface area contributed by atoms with Crippen molar-refractivity contribution >= 4 is 28.4 Å². The Balaban J connectivity index is 2.37. The summed E-state index contributed by atoms with van der Waals surface area (Å²) in [7, 11) is 0. The normalized spacial score (nSPS) is 13.2. The lowest BCUT2D eigenvalue weighted by molar-refractivity contribution is 0.584. The first-order valence-electron chi connectivity index (χ1n) is 5.74. The van der Waals surface area contributed by atoms with Crippen molar-refractivity contribution in [1.82, 2.24) is 14.4 Å². The molecular weight excluding hydrogens is 313 g/mol. The van der Waals surface area contributed by atoms with E-state index in [0.717, 1.165) is 15.8 Å². The van der Waals surface area contributed by atoms with Crippen molar-refractivity contribution in [2.75, 3.05) is 0 Å². The molecule has 0 amide bonds. The van der Waals surface area contributed by atoms with E-state index in [2.05, 4.69) is 58.8 Å². The van der Waals surface area contributed by atoms with Gasteiger partial charge < -0.3 is 0 Å². The Kier molecular flexibility index (Phi) is 3.78. The van der Waals surface area contributed by atoms with Crippen LogP contribution in [0, 0.1) is 3.57 Å². The molecule has 86 valence electrons. The van der Waals surface area contributed by atoms with Gasteiger partial charge in [-0.05, 0) is 35.4 Å². The lowest BCUT2D eigenvalue weighted by Gasteiger charge is -2.09. The molecule has 0 N–H and O–H groups in total. The quantitative estimate of drug-likeness (QED) is 0.802. The number of halogens is 1. The largest absolute Gasteiger partial charge is 0.290 e. The van der Waals surface area contributed by atoms with Crippen LogP contribution in [0.3, 0.4) is 0 Å². The van der Waals surface area contributed by atoms with Crippen LogP contribution in [0.4, 0.5) is 0 Å². The maximum Gasteiger partial charge on any atom is 0.233 e. The van der Waals surface area contributed by atoms with E-state index in [1.807, 2.05) is 10.6 Å². The molecule has 0 aromatic carbocycles. The second-order valence-corrected chi connectivity index (χ2v) is 5.28. The van der Waals surface area contributed by atoms with Crippen LogP contribution in [-0.4, -0.2) is 14.4 Å². The first-order chi connectivity index (χ1) is 7.74. The highest BCUT2D eigenvalue weighted by Crippen LogP contribution is 2.23. The van der Waals surface area contributed by atoms with Crippen molar-refractivity contribution in [3.05, 3.63) is 27.9 Å². The molecule has 3 nitrogen and oxygen atoms in total. The molecule has 2 rings (SSSR count). The summed E-state index contributed by atoms with van der Waals surface area (Å²) < 4.78 is 3.16. The average Bonchev–Trinajstić information content (AvgIpc) is 2.68. The average molecular weight is 329 g/mol. The molecule has 0 aliphatic heterocycles. The van der Waals surface area contributed by atoms with Crippen molar-refractivity contribution in [3.63, 3.8) is 0 Å². The van der Waals surface area contributed by atoms with Crippen LogP contribution in [0.25, 0.3) is 5.78 Å². The third-order valence-electron chi connectivity index (χ3n) is 2.85. The minimum Gasteiger partial charge on any atom is -0.290 e. The smallest absolute Gasteiger partial charge is 0.233 e. The van der Waals surface area contributed by atoms with Crippen LogP contribution in [0.1, 0.15) is 44.7 Å². The van der Waals surface area contributed by atoms with Gasteiger partial charge in [-0.3, -0.25) is 4.40 Å². The fourth-order valence-corrected chi connectivity index (χ4v) is 2.42. The molecule has 0 bridgehead atoms. The van der Waals surface area contributed by atoms with E-state index in [4.69, 9.17) is 0 Å². The van der Waals surface area contributed by atoms with E-state index < -0.39 is 0 Å². The van der Waals surface area contributed by atoms with Crippen molar-refractivity contribution in [2.24, 2.45) is 0 Å². The molecule has 16 heavy (non-hydrogen) atoms. The monoisotopic (exact) mass is 329 g/mol. The maximum absolute atomic E-state index is 4.59. The van der Waals surface area contributed by atoms with Crippen molar-refractivity contribution in [3.8, 4) is 0 Å². The van der Waals surface area contributed by atoms with Gasteiger partial charge >= 0.3 is 0 Å². The van der Waals surface area contributed by atoms with Crippen LogP contribution in [-0.2, 0) is 0 Å². The minimum absolute atomic E-state index is 0.573. The molecule has 4 heteroatoms. The lowest BCUT2D eigenvalue weighted by Crippen LogP contribution is -1.96. The summed E-state index contributed by atoms with van der Waals surface area (Å²) in [4.78, 5) is 8.91. The maximum atomic E-state index is 4.59. The second-order valence-electron chi connectivity index (χ2n) is 4.04. The van der Waals surface area contributed by atoms with Gasteiger partial charge in [0.05, 0.1) is 5.69 Å². The van der Waals surface area contributed by atoms with E-state index in [0.29, 0.717) is 5.92 Å². The minimum atomic E-state index is 0.573. The Hall–Kier alpha value is -0.650. The van der Waals surface area contributed by atoms with Gasteiger partial charge in [-0.2, -0.15) is 0 Å². The van der Waals surface area contributed by atoms with E-state index in [1.165, 1.54) is 18.5 Å². The van der Waals surface area contributed by atoms with Gasteiger partial charge in [0.25, 0.3) is 0 Å². The summed E-state index contributed by atoms with van der Waals surface area (Å²) in [6.07, 6.45) is 9.60. The molecular formula is C12H16IN3. The zero-order valence-electron chi connectivity index (χ0n) is 9.65. The zero-order valence-corrected chi connectivity index (χ0v) is 11.8. The van der Waals surface area contributed by atoms with E-state index >= 15 is 0 Å². The molecule has 0 fully saturated rings. The number of rotatable bonds is 4. The van der Waals surface area contributed by atoms with Crippen molar-refractivity contribution in [1.29, 1.82) is 0 Å². The van der Waals surface area contributed by atoms with Crippen molar-refractivity contribution < 1.29 is 0 Å². The van der Waals surface area contributed by atoms with E-state index in [-0.39, 0.29) is 0 Å². The SMILES string of the molecule is CCCC(CC)c1cn2cc(I)cnc2n1. The Morgan fingerprint density at radius 2 is 2.19 bits per heavy atom. The van der Waals surface area contributed by atoms with Crippen LogP contribution >= 0.6 is 22.6 Å². The number of fused-ring (bicyclic) bond motifs is 1. The van der Waals surface area contributed by atoms with Gasteiger partial charge in [0.1, 0.15) is 0 Å². The summed E-state index contributed by atoms with van der Waals surface area (Å²) in [6, 6.07) is 0. The molecule has 2 heterocycles. The molecule has 0 saturated heterocycles. The molecule has 0 radical (unpaired) electrons. The highest BCUT2D eigenvalue weighted by Gasteiger charge is 2.12. The molecule has 1 unspecified atom stereocenters. The van der Waals surface area contributed by atoms with Crippen LogP contribution in [0.2, 0.25) is 0 Å².